The summed E-state index contributed by atoms with van der Waals surface area (Å²) in [6, 6.07) is 11.2. The lowest BCUT2D eigenvalue weighted by atomic mass is 10.1. The molecule has 3 rings (SSSR count). The van der Waals surface area contributed by atoms with Gasteiger partial charge in [-0.25, -0.2) is 0 Å². The highest BCUT2D eigenvalue weighted by Gasteiger charge is 2.23. The molecule has 1 aliphatic rings. The Morgan fingerprint density at radius 3 is 2.76 bits per heavy atom. The number of benzene rings is 1. The van der Waals surface area contributed by atoms with Crippen molar-refractivity contribution in [2.24, 2.45) is 0 Å². The molecule has 1 aromatic heterocycles. The van der Waals surface area contributed by atoms with Gasteiger partial charge < -0.3 is 10.2 Å². The lowest BCUT2D eigenvalue weighted by Gasteiger charge is -2.37. The molecule has 0 amide bonds. The zero-order chi connectivity index (χ0) is 11.8. The molecule has 1 aliphatic heterocycles. The van der Waals surface area contributed by atoms with Crippen LogP contribution in [0.25, 0.3) is 10.9 Å². The Bertz CT molecular complexity index is 546. The molecule has 0 atom stereocenters. The Morgan fingerprint density at radius 2 is 2.06 bits per heavy atom. The third-order valence-corrected chi connectivity index (χ3v) is 3.51. The Balaban J connectivity index is 2.13. The van der Waals surface area contributed by atoms with Gasteiger partial charge in [-0.05, 0) is 19.1 Å². The molecule has 0 saturated carbocycles. The Morgan fingerprint density at radius 1 is 1.29 bits per heavy atom. The first kappa shape index (κ1) is 10.5. The summed E-state index contributed by atoms with van der Waals surface area (Å²) in [6.07, 6.45) is 0. The van der Waals surface area contributed by atoms with Gasteiger partial charge in [0.2, 0.25) is 0 Å². The number of aromatic nitrogens is 1. The van der Waals surface area contributed by atoms with E-state index >= 15 is 0 Å². The highest BCUT2D eigenvalue weighted by Crippen LogP contribution is 2.27. The molecule has 17 heavy (non-hydrogen) atoms. The molecule has 2 aromatic rings. The minimum absolute atomic E-state index is 0.611. The molecular weight excluding hydrogens is 210 g/mol. The SMILES string of the molecule is Cc1cc(N(C)C2CNC2)c2ccccc2n1. The van der Waals surface area contributed by atoms with Gasteiger partial charge in [0.25, 0.3) is 0 Å². The van der Waals surface area contributed by atoms with Gasteiger partial charge in [-0.15, -0.1) is 0 Å². The van der Waals surface area contributed by atoms with Gasteiger partial charge in [0.15, 0.2) is 0 Å². The summed E-state index contributed by atoms with van der Waals surface area (Å²) in [7, 11) is 2.17. The van der Waals surface area contributed by atoms with Crippen molar-refractivity contribution in [1.29, 1.82) is 0 Å². The van der Waals surface area contributed by atoms with Gasteiger partial charge in [0.1, 0.15) is 0 Å². The van der Waals surface area contributed by atoms with Crippen LogP contribution in [0.3, 0.4) is 0 Å². The van der Waals surface area contributed by atoms with Crippen LogP contribution in [0.1, 0.15) is 5.69 Å². The number of nitrogens with one attached hydrogen (secondary N) is 1. The van der Waals surface area contributed by atoms with E-state index in [4.69, 9.17) is 0 Å². The number of pyridine rings is 1. The zero-order valence-electron chi connectivity index (χ0n) is 10.3. The maximum absolute atomic E-state index is 4.58. The summed E-state index contributed by atoms with van der Waals surface area (Å²) in [4.78, 5) is 6.95. The predicted molar refractivity (Wildman–Crippen MR) is 71.5 cm³/mol. The monoisotopic (exact) mass is 227 g/mol. The van der Waals surface area contributed by atoms with E-state index in [1.165, 1.54) is 11.1 Å². The first-order valence-electron chi connectivity index (χ1n) is 6.05. The van der Waals surface area contributed by atoms with Crippen molar-refractivity contribution in [2.45, 2.75) is 13.0 Å². The summed E-state index contributed by atoms with van der Waals surface area (Å²) in [6.45, 7) is 4.21. The summed E-state index contributed by atoms with van der Waals surface area (Å²) in [5, 5.41) is 4.56. The van der Waals surface area contributed by atoms with Crippen LogP contribution >= 0.6 is 0 Å². The molecule has 3 heteroatoms. The summed E-state index contributed by atoms with van der Waals surface area (Å²) < 4.78 is 0. The Kier molecular flexibility index (Phi) is 2.48. The van der Waals surface area contributed by atoms with Crippen molar-refractivity contribution in [2.75, 3.05) is 25.0 Å². The molecular formula is C14H17N3. The second-order valence-corrected chi connectivity index (χ2v) is 4.72. The minimum atomic E-state index is 0.611. The van der Waals surface area contributed by atoms with Crippen molar-refractivity contribution in [1.82, 2.24) is 10.3 Å². The molecule has 0 bridgehead atoms. The highest BCUT2D eigenvalue weighted by atomic mass is 15.2. The molecule has 1 N–H and O–H groups in total. The van der Waals surface area contributed by atoms with Crippen LogP contribution in [0.15, 0.2) is 30.3 Å². The van der Waals surface area contributed by atoms with Gasteiger partial charge >= 0.3 is 0 Å². The number of nitrogens with zero attached hydrogens (tertiary/aromatic N) is 2. The molecule has 1 fully saturated rings. The topological polar surface area (TPSA) is 28.2 Å². The van der Waals surface area contributed by atoms with Gasteiger partial charge in [-0.3, -0.25) is 4.98 Å². The molecule has 1 aromatic carbocycles. The third-order valence-electron chi connectivity index (χ3n) is 3.51. The van der Waals surface area contributed by atoms with Crippen LogP contribution in [0.4, 0.5) is 5.69 Å². The first-order valence-corrected chi connectivity index (χ1v) is 6.05. The van der Waals surface area contributed by atoms with Crippen molar-refractivity contribution in [3.05, 3.63) is 36.0 Å². The fourth-order valence-corrected chi connectivity index (χ4v) is 2.32. The fraction of sp³-hybridized carbons (Fsp3) is 0.357. The number of likely N-dealkylation sites (N-methyl/N-ethyl adjacent to an activating group) is 1. The fourth-order valence-electron chi connectivity index (χ4n) is 2.32. The number of rotatable bonds is 2. The van der Waals surface area contributed by atoms with Crippen LogP contribution in [-0.2, 0) is 0 Å². The standard InChI is InChI=1S/C14H17N3/c1-10-7-14(17(2)11-8-15-9-11)12-5-3-4-6-13(12)16-10/h3-7,11,15H,8-9H2,1-2H3. The second-order valence-electron chi connectivity index (χ2n) is 4.72. The van der Waals surface area contributed by atoms with Crippen LogP contribution < -0.4 is 10.2 Å². The van der Waals surface area contributed by atoms with E-state index in [0.717, 1.165) is 24.3 Å². The van der Waals surface area contributed by atoms with Gasteiger partial charge in [0.05, 0.1) is 11.6 Å². The number of anilines is 1. The van der Waals surface area contributed by atoms with Gasteiger partial charge in [-0.1, -0.05) is 18.2 Å². The van der Waals surface area contributed by atoms with Crippen LogP contribution in [0.5, 0.6) is 0 Å². The van der Waals surface area contributed by atoms with Crippen LogP contribution in [0, 0.1) is 6.92 Å². The number of fused-ring (bicyclic) bond motifs is 1. The number of aryl methyl sites for hydroxylation is 1. The van der Waals surface area contributed by atoms with E-state index in [1.54, 1.807) is 0 Å². The first-order chi connectivity index (χ1) is 8.25. The van der Waals surface area contributed by atoms with E-state index in [0.29, 0.717) is 6.04 Å². The second kappa shape index (κ2) is 4.00. The Hall–Kier alpha value is -1.61. The van der Waals surface area contributed by atoms with Crippen molar-refractivity contribution in [3.8, 4) is 0 Å². The molecule has 0 spiro atoms. The predicted octanol–water partition coefficient (Wildman–Crippen LogP) is 1.95. The maximum Gasteiger partial charge on any atom is 0.0726 e. The highest BCUT2D eigenvalue weighted by molar-refractivity contribution is 5.92. The lowest BCUT2D eigenvalue weighted by molar-refractivity contribution is 0.429. The van der Waals surface area contributed by atoms with Crippen LogP contribution in [0.2, 0.25) is 0 Å². The third kappa shape index (κ3) is 1.76. The summed E-state index contributed by atoms with van der Waals surface area (Å²) in [5.74, 6) is 0. The van der Waals surface area contributed by atoms with E-state index in [-0.39, 0.29) is 0 Å². The smallest absolute Gasteiger partial charge is 0.0726 e. The summed E-state index contributed by atoms with van der Waals surface area (Å²) in [5.41, 5.74) is 3.46. The number of para-hydroxylation sites is 1. The normalized spacial score (nSPS) is 15.9. The molecule has 3 nitrogen and oxygen atoms in total. The minimum Gasteiger partial charge on any atom is -0.368 e. The van der Waals surface area contributed by atoms with Gasteiger partial charge in [-0.2, -0.15) is 0 Å². The summed E-state index contributed by atoms with van der Waals surface area (Å²) >= 11 is 0. The molecule has 0 aliphatic carbocycles. The molecule has 0 unspecified atom stereocenters. The maximum atomic E-state index is 4.58. The van der Waals surface area contributed by atoms with Crippen molar-refractivity contribution >= 4 is 16.6 Å². The number of hydrogen-bond acceptors (Lipinski definition) is 3. The molecule has 1 saturated heterocycles. The molecule has 88 valence electrons. The average molecular weight is 227 g/mol. The van der Waals surface area contributed by atoms with Crippen LogP contribution in [-0.4, -0.2) is 31.2 Å². The largest absolute Gasteiger partial charge is 0.368 e. The Labute approximate surface area is 101 Å². The molecule has 0 radical (unpaired) electrons. The van der Waals surface area contributed by atoms with E-state index < -0.39 is 0 Å². The van der Waals surface area contributed by atoms with E-state index in [9.17, 15) is 0 Å². The average Bonchev–Trinajstić information content (AvgIpc) is 2.25. The quantitative estimate of drug-likeness (QED) is 0.850. The van der Waals surface area contributed by atoms with E-state index in [2.05, 4.69) is 53.4 Å². The zero-order valence-corrected chi connectivity index (χ0v) is 10.3. The lowest BCUT2D eigenvalue weighted by Crippen LogP contribution is -2.56. The van der Waals surface area contributed by atoms with E-state index in [1.807, 2.05) is 6.07 Å². The molecule has 2 heterocycles. The number of hydrogen-bond donors (Lipinski definition) is 1. The van der Waals surface area contributed by atoms with Gasteiger partial charge in [0, 0.05) is 36.9 Å². The van der Waals surface area contributed by atoms with Crippen molar-refractivity contribution in [3.63, 3.8) is 0 Å². The van der Waals surface area contributed by atoms with Crippen molar-refractivity contribution < 1.29 is 0 Å².